The van der Waals surface area contributed by atoms with Gasteiger partial charge in [0.1, 0.15) is 6.79 Å². The average molecular weight is 130 g/mol. The second-order valence-electron chi connectivity index (χ2n) is 2.50. The predicted molar refractivity (Wildman–Crippen MR) is 35.2 cm³/mol. The Balaban J connectivity index is 2.12. The topological polar surface area (TPSA) is 18.5 Å². The first-order chi connectivity index (χ1) is 4.39. The summed E-state index contributed by atoms with van der Waals surface area (Å²) in [5.41, 5.74) is 0. The largest absolute Gasteiger partial charge is 0.355 e. The second-order valence-corrected chi connectivity index (χ2v) is 2.50. The van der Waals surface area contributed by atoms with Crippen molar-refractivity contribution in [3.63, 3.8) is 0 Å². The molecule has 0 radical (unpaired) electrons. The van der Waals surface area contributed by atoms with E-state index in [9.17, 15) is 0 Å². The van der Waals surface area contributed by atoms with Gasteiger partial charge in [0.15, 0.2) is 0 Å². The molecular formula is C7H14O2. The minimum atomic E-state index is 0.394. The molecule has 1 aliphatic heterocycles. The quantitative estimate of drug-likeness (QED) is 0.495. The summed E-state index contributed by atoms with van der Waals surface area (Å²) in [7, 11) is 0. The molecule has 2 nitrogen and oxygen atoms in total. The van der Waals surface area contributed by atoms with E-state index in [0.29, 0.717) is 12.9 Å². The van der Waals surface area contributed by atoms with Crippen LogP contribution in [0.5, 0.6) is 0 Å². The fraction of sp³-hybridized carbons (Fsp3) is 1.00. The summed E-state index contributed by atoms with van der Waals surface area (Å²) in [6, 6.07) is 0. The number of hydrogen-bond donors (Lipinski definition) is 0. The lowest BCUT2D eigenvalue weighted by Crippen LogP contribution is -2.14. The minimum absolute atomic E-state index is 0.394. The van der Waals surface area contributed by atoms with Gasteiger partial charge in [-0.3, -0.25) is 0 Å². The lowest BCUT2D eigenvalue weighted by molar-refractivity contribution is -0.0976. The minimum Gasteiger partial charge on any atom is -0.355 e. The van der Waals surface area contributed by atoms with E-state index >= 15 is 0 Å². The molecule has 9 heavy (non-hydrogen) atoms. The zero-order chi connectivity index (χ0) is 6.53. The van der Waals surface area contributed by atoms with Crippen LogP contribution in [0.1, 0.15) is 26.2 Å². The third kappa shape index (κ3) is 2.82. The molecule has 1 rings (SSSR count). The highest BCUT2D eigenvalue weighted by Gasteiger charge is 2.04. The van der Waals surface area contributed by atoms with Crippen LogP contribution in [0.2, 0.25) is 0 Å². The summed E-state index contributed by atoms with van der Waals surface area (Å²) in [4.78, 5) is 0. The van der Waals surface area contributed by atoms with Gasteiger partial charge < -0.3 is 9.47 Å². The Morgan fingerprint density at radius 3 is 3.11 bits per heavy atom. The Kier molecular flexibility index (Phi) is 3.01. The Morgan fingerprint density at radius 1 is 1.33 bits per heavy atom. The first-order valence-electron chi connectivity index (χ1n) is 3.59. The molecule has 1 saturated heterocycles. The zero-order valence-corrected chi connectivity index (χ0v) is 5.93. The molecule has 0 saturated carbocycles. The Labute approximate surface area is 56.2 Å². The second kappa shape index (κ2) is 3.85. The van der Waals surface area contributed by atoms with E-state index in [1.54, 1.807) is 0 Å². The maximum Gasteiger partial charge on any atom is 0.147 e. The monoisotopic (exact) mass is 130 g/mol. The number of ether oxygens (including phenoxy) is 2. The molecule has 2 heteroatoms. The molecule has 0 spiro atoms. The summed E-state index contributed by atoms with van der Waals surface area (Å²) < 4.78 is 10.4. The molecule has 0 N–H and O–H groups in total. The smallest absolute Gasteiger partial charge is 0.147 e. The third-order valence-electron chi connectivity index (χ3n) is 1.59. The van der Waals surface area contributed by atoms with Gasteiger partial charge in [0.2, 0.25) is 0 Å². The van der Waals surface area contributed by atoms with Crippen LogP contribution < -0.4 is 0 Å². The molecule has 1 atom stereocenters. The van der Waals surface area contributed by atoms with Gasteiger partial charge in [0, 0.05) is 6.61 Å². The molecule has 0 aliphatic carbocycles. The van der Waals surface area contributed by atoms with Gasteiger partial charge >= 0.3 is 0 Å². The predicted octanol–water partition coefficient (Wildman–Crippen LogP) is 1.55. The van der Waals surface area contributed by atoms with Crippen molar-refractivity contribution in [1.29, 1.82) is 0 Å². The van der Waals surface area contributed by atoms with Crippen LogP contribution in [0.3, 0.4) is 0 Å². The molecule has 0 amide bonds. The molecule has 1 aliphatic rings. The number of hydrogen-bond acceptors (Lipinski definition) is 2. The highest BCUT2D eigenvalue weighted by Crippen LogP contribution is 2.07. The van der Waals surface area contributed by atoms with Crippen molar-refractivity contribution < 1.29 is 9.47 Å². The normalized spacial score (nSPS) is 31.0. The van der Waals surface area contributed by atoms with Gasteiger partial charge in [-0.25, -0.2) is 0 Å². The highest BCUT2D eigenvalue weighted by molar-refractivity contribution is 4.51. The van der Waals surface area contributed by atoms with E-state index in [2.05, 4.69) is 6.92 Å². The Morgan fingerprint density at radius 2 is 2.22 bits per heavy atom. The molecule has 0 bridgehead atoms. The fourth-order valence-electron chi connectivity index (χ4n) is 0.942. The van der Waals surface area contributed by atoms with Crippen LogP contribution in [-0.4, -0.2) is 19.5 Å². The van der Waals surface area contributed by atoms with Gasteiger partial charge in [0.25, 0.3) is 0 Å². The van der Waals surface area contributed by atoms with Crippen LogP contribution >= 0.6 is 0 Å². The zero-order valence-electron chi connectivity index (χ0n) is 5.93. The van der Waals surface area contributed by atoms with Crippen molar-refractivity contribution in [2.45, 2.75) is 32.3 Å². The van der Waals surface area contributed by atoms with E-state index in [-0.39, 0.29) is 0 Å². The van der Waals surface area contributed by atoms with Crippen molar-refractivity contribution in [1.82, 2.24) is 0 Å². The highest BCUT2D eigenvalue weighted by atomic mass is 16.7. The molecule has 1 unspecified atom stereocenters. The summed E-state index contributed by atoms with van der Waals surface area (Å²) in [6.45, 7) is 3.45. The molecule has 0 aromatic heterocycles. The Bertz CT molecular complexity index is 65.3. The fourth-order valence-corrected chi connectivity index (χ4v) is 0.942. The van der Waals surface area contributed by atoms with Crippen molar-refractivity contribution >= 4 is 0 Å². The molecule has 0 aromatic rings. The standard InChI is InChI=1S/C7H14O2/c1-7-4-2-3-5-8-6-9-7/h7H,2-6H2,1H3. The lowest BCUT2D eigenvalue weighted by Gasteiger charge is -2.16. The van der Waals surface area contributed by atoms with Crippen molar-refractivity contribution in [3.8, 4) is 0 Å². The number of rotatable bonds is 0. The summed E-state index contributed by atoms with van der Waals surface area (Å²) >= 11 is 0. The van der Waals surface area contributed by atoms with E-state index in [0.717, 1.165) is 6.61 Å². The van der Waals surface area contributed by atoms with E-state index in [1.165, 1.54) is 19.3 Å². The third-order valence-corrected chi connectivity index (χ3v) is 1.59. The molecule has 54 valence electrons. The van der Waals surface area contributed by atoms with Crippen molar-refractivity contribution in [3.05, 3.63) is 0 Å². The van der Waals surface area contributed by atoms with Gasteiger partial charge in [-0.1, -0.05) is 0 Å². The summed E-state index contributed by atoms with van der Waals surface area (Å²) in [5.74, 6) is 0. The lowest BCUT2D eigenvalue weighted by atomic mass is 10.2. The van der Waals surface area contributed by atoms with Crippen LogP contribution in [0.25, 0.3) is 0 Å². The molecule has 1 heterocycles. The van der Waals surface area contributed by atoms with E-state index in [1.807, 2.05) is 0 Å². The first kappa shape index (κ1) is 7.03. The maximum atomic E-state index is 5.26. The van der Waals surface area contributed by atoms with Crippen molar-refractivity contribution in [2.75, 3.05) is 13.4 Å². The van der Waals surface area contributed by atoms with Crippen molar-refractivity contribution in [2.24, 2.45) is 0 Å². The maximum absolute atomic E-state index is 5.26. The molecule has 0 aromatic carbocycles. The Hall–Kier alpha value is -0.0800. The summed E-state index contributed by atoms with van der Waals surface area (Å²) in [5, 5.41) is 0. The van der Waals surface area contributed by atoms with E-state index < -0.39 is 0 Å². The first-order valence-corrected chi connectivity index (χ1v) is 3.59. The van der Waals surface area contributed by atoms with Gasteiger partial charge in [-0.05, 0) is 26.2 Å². The van der Waals surface area contributed by atoms with Crippen LogP contribution in [0, 0.1) is 0 Å². The van der Waals surface area contributed by atoms with Gasteiger partial charge in [-0.2, -0.15) is 0 Å². The average Bonchev–Trinajstić information content (AvgIpc) is 1.79. The van der Waals surface area contributed by atoms with Gasteiger partial charge in [-0.15, -0.1) is 0 Å². The van der Waals surface area contributed by atoms with Gasteiger partial charge in [0.05, 0.1) is 6.10 Å². The van der Waals surface area contributed by atoms with Crippen LogP contribution in [0.15, 0.2) is 0 Å². The SMILES string of the molecule is CC1CCCCOCO1. The van der Waals surface area contributed by atoms with Crippen LogP contribution in [-0.2, 0) is 9.47 Å². The van der Waals surface area contributed by atoms with Crippen LogP contribution in [0.4, 0.5) is 0 Å². The van der Waals surface area contributed by atoms with E-state index in [4.69, 9.17) is 9.47 Å². The summed E-state index contributed by atoms with van der Waals surface area (Å²) in [6.07, 6.45) is 4.00. The molecule has 1 fully saturated rings. The molecular weight excluding hydrogens is 116 g/mol.